The van der Waals surface area contributed by atoms with Gasteiger partial charge >= 0.3 is 5.97 Å². The van der Waals surface area contributed by atoms with Crippen LogP contribution in [0.1, 0.15) is 11.1 Å². The van der Waals surface area contributed by atoms with Gasteiger partial charge in [-0.25, -0.2) is 4.79 Å². The number of rotatable bonds is 1. The summed E-state index contributed by atoms with van der Waals surface area (Å²) in [6, 6.07) is 6.63. The maximum atomic E-state index is 10.7. The number of aliphatic carboxylic acids is 1. The van der Waals surface area contributed by atoms with Crippen LogP contribution in [0.15, 0.2) is 18.2 Å². The summed E-state index contributed by atoms with van der Waals surface area (Å²) in [7, 11) is 0. The molecule has 1 heterocycles. The van der Waals surface area contributed by atoms with E-state index in [1.807, 2.05) is 6.07 Å². The molecule has 0 unspecified atom stereocenters. The average Bonchev–Trinajstić information content (AvgIpc) is 2.59. The maximum Gasteiger partial charge on any atom is 0.326 e. The second-order valence-electron chi connectivity index (χ2n) is 3.22. The molecular weight excluding hydrogens is 180 g/mol. The van der Waals surface area contributed by atoms with Gasteiger partial charge in [-0.05, 0) is 17.7 Å². The Morgan fingerprint density at radius 3 is 3.07 bits per heavy atom. The number of hydrogen-bond donors (Lipinski definition) is 2. The van der Waals surface area contributed by atoms with Gasteiger partial charge in [0.15, 0.2) is 0 Å². The number of nitriles is 1. The quantitative estimate of drug-likeness (QED) is 0.689. The van der Waals surface area contributed by atoms with Gasteiger partial charge in [-0.2, -0.15) is 5.26 Å². The van der Waals surface area contributed by atoms with Gasteiger partial charge in [0.2, 0.25) is 0 Å². The first-order valence-electron chi connectivity index (χ1n) is 4.23. The Hall–Kier alpha value is -2.02. The number of carbonyl (C=O) groups is 1. The van der Waals surface area contributed by atoms with E-state index in [9.17, 15) is 4.79 Å². The molecule has 2 N–H and O–H groups in total. The molecule has 0 radical (unpaired) electrons. The Morgan fingerprint density at radius 1 is 1.64 bits per heavy atom. The molecule has 2 rings (SSSR count). The molecule has 0 saturated carbocycles. The van der Waals surface area contributed by atoms with E-state index in [1.54, 1.807) is 18.2 Å². The van der Waals surface area contributed by atoms with Crippen molar-refractivity contribution in [2.24, 2.45) is 0 Å². The molecule has 70 valence electrons. The first kappa shape index (κ1) is 8.57. The van der Waals surface area contributed by atoms with Gasteiger partial charge in [0.05, 0.1) is 11.6 Å². The molecule has 1 aromatic rings. The molecule has 4 heteroatoms. The van der Waals surface area contributed by atoms with E-state index in [-0.39, 0.29) is 0 Å². The van der Waals surface area contributed by atoms with Crippen LogP contribution >= 0.6 is 0 Å². The third-order valence-corrected chi connectivity index (χ3v) is 2.29. The van der Waals surface area contributed by atoms with E-state index in [0.29, 0.717) is 12.0 Å². The molecule has 14 heavy (non-hydrogen) atoms. The fourth-order valence-corrected chi connectivity index (χ4v) is 1.57. The smallest absolute Gasteiger partial charge is 0.326 e. The van der Waals surface area contributed by atoms with E-state index in [1.165, 1.54) is 0 Å². The monoisotopic (exact) mass is 188 g/mol. The van der Waals surface area contributed by atoms with Crippen LogP contribution in [0.4, 0.5) is 5.69 Å². The van der Waals surface area contributed by atoms with Crippen LogP contribution in [0.3, 0.4) is 0 Å². The Labute approximate surface area is 80.8 Å². The molecular formula is C10H8N2O2. The molecule has 0 bridgehead atoms. The Balaban J connectivity index is 2.32. The highest BCUT2D eigenvalue weighted by molar-refractivity contribution is 5.81. The van der Waals surface area contributed by atoms with Gasteiger partial charge < -0.3 is 10.4 Å². The first-order chi connectivity index (χ1) is 6.70. The Morgan fingerprint density at radius 2 is 2.43 bits per heavy atom. The summed E-state index contributed by atoms with van der Waals surface area (Å²) in [5.41, 5.74) is 2.26. The average molecular weight is 188 g/mol. The summed E-state index contributed by atoms with van der Waals surface area (Å²) in [6.07, 6.45) is 0.483. The van der Waals surface area contributed by atoms with Gasteiger partial charge in [-0.1, -0.05) is 6.07 Å². The largest absolute Gasteiger partial charge is 0.480 e. The molecule has 4 nitrogen and oxygen atoms in total. The van der Waals surface area contributed by atoms with E-state index in [2.05, 4.69) is 5.32 Å². The molecule has 1 aromatic carbocycles. The van der Waals surface area contributed by atoms with Crippen LogP contribution in [0, 0.1) is 11.3 Å². The van der Waals surface area contributed by atoms with Crippen LogP contribution in [-0.4, -0.2) is 17.1 Å². The van der Waals surface area contributed by atoms with Crippen molar-refractivity contribution in [3.8, 4) is 6.07 Å². The SMILES string of the molecule is N#Cc1ccc2c(c1)N[C@H](C(=O)O)C2. The summed E-state index contributed by atoms with van der Waals surface area (Å²) in [4.78, 5) is 10.7. The predicted octanol–water partition coefficient (Wildman–Crippen LogP) is 0.979. The first-order valence-corrected chi connectivity index (χ1v) is 4.23. The summed E-state index contributed by atoms with van der Waals surface area (Å²) in [5, 5.41) is 20.3. The second kappa shape index (κ2) is 3.04. The minimum absolute atomic E-state index is 0.483. The highest BCUT2D eigenvalue weighted by Gasteiger charge is 2.26. The highest BCUT2D eigenvalue weighted by Crippen LogP contribution is 2.26. The van der Waals surface area contributed by atoms with E-state index in [0.717, 1.165) is 11.3 Å². The Bertz CT molecular complexity index is 434. The molecule has 1 aliphatic rings. The lowest BCUT2D eigenvalue weighted by Gasteiger charge is -2.03. The summed E-state index contributed by atoms with van der Waals surface area (Å²) in [6.45, 7) is 0. The Kier molecular flexibility index (Phi) is 1.86. The van der Waals surface area contributed by atoms with Crippen LogP contribution in [0.5, 0.6) is 0 Å². The lowest BCUT2D eigenvalue weighted by Crippen LogP contribution is -2.26. The van der Waals surface area contributed by atoms with Crippen molar-refractivity contribution in [3.63, 3.8) is 0 Å². The summed E-state index contributed by atoms with van der Waals surface area (Å²) >= 11 is 0. The van der Waals surface area contributed by atoms with Crippen LogP contribution in [0.2, 0.25) is 0 Å². The number of nitrogens with one attached hydrogen (secondary N) is 1. The van der Waals surface area contributed by atoms with Gasteiger partial charge in [0.25, 0.3) is 0 Å². The third kappa shape index (κ3) is 1.29. The number of benzene rings is 1. The molecule has 0 saturated heterocycles. The number of carboxylic acids is 1. The number of carboxylic acid groups (broad SMARTS) is 1. The van der Waals surface area contributed by atoms with E-state index < -0.39 is 12.0 Å². The molecule has 1 atom stereocenters. The zero-order valence-electron chi connectivity index (χ0n) is 7.32. The molecule has 0 fully saturated rings. The van der Waals surface area contributed by atoms with Crippen LogP contribution in [-0.2, 0) is 11.2 Å². The fourth-order valence-electron chi connectivity index (χ4n) is 1.57. The number of fused-ring (bicyclic) bond motifs is 1. The highest BCUT2D eigenvalue weighted by atomic mass is 16.4. The molecule has 0 spiro atoms. The van der Waals surface area contributed by atoms with Gasteiger partial charge in [-0.3, -0.25) is 0 Å². The molecule has 0 aliphatic carbocycles. The van der Waals surface area contributed by atoms with Crippen molar-refractivity contribution in [3.05, 3.63) is 29.3 Å². The zero-order chi connectivity index (χ0) is 10.1. The number of anilines is 1. The molecule has 1 aliphatic heterocycles. The van der Waals surface area contributed by atoms with Crippen molar-refractivity contribution < 1.29 is 9.90 Å². The van der Waals surface area contributed by atoms with Crippen LogP contribution in [0.25, 0.3) is 0 Å². The summed E-state index contributed by atoms with van der Waals surface area (Å²) < 4.78 is 0. The normalized spacial score (nSPS) is 18.1. The number of hydrogen-bond acceptors (Lipinski definition) is 3. The lowest BCUT2D eigenvalue weighted by molar-refractivity contribution is -0.137. The van der Waals surface area contributed by atoms with E-state index in [4.69, 9.17) is 10.4 Å². The maximum absolute atomic E-state index is 10.7. The molecule has 0 amide bonds. The second-order valence-corrected chi connectivity index (χ2v) is 3.22. The predicted molar refractivity (Wildman–Crippen MR) is 49.9 cm³/mol. The molecule has 0 aromatic heterocycles. The minimum Gasteiger partial charge on any atom is -0.480 e. The van der Waals surface area contributed by atoms with Crippen molar-refractivity contribution in [2.75, 3.05) is 5.32 Å². The van der Waals surface area contributed by atoms with E-state index >= 15 is 0 Å². The van der Waals surface area contributed by atoms with Crippen molar-refractivity contribution in [1.29, 1.82) is 5.26 Å². The van der Waals surface area contributed by atoms with Crippen molar-refractivity contribution in [2.45, 2.75) is 12.5 Å². The fraction of sp³-hybridized carbons (Fsp3) is 0.200. The van der Waals surface area contributed by atoms with Gasteiger partial charge in [0.1, 0.15) is 6.04 Å². The summed E-state index contributed by atoms with van der Waals surface area (Å²) in [5.74, 6) is -0.861. The van der Waals surface area contributed by atoms with Crippen molar-refractivity contribution >= 4 is 11.7 Å². The van der Waals surface area contributed by atoms with Crippen LogP contribution < -0.4 is 5.32 Å². The lowest BCUT2D eigenvalue weighted by atomic mass is 10.1. The minimum atomic E-state index is -0.861. The van der Waals surface area contributed by atoms with Gasteiger partial charge in [-0.15, -0.1) is 0 Å². The number of nitrogens with zero attached hydrogens (tertiary/aromatic N) is 1. The van der Waals surface area contributed by atoms with Gasteiger partial charge in [0, 0.05) is 12.1 Å². The topological polar surface area (TPSA) is 73.1 Å². The third-order valence-electron chi connectivity index (χ3n) is 2.29. The van der Waals surface area contributed by atoms with Crippen molar-refractivity contribution in [1.82, 2.24) is 0 Å². The standard InChI is InChI=1S/C10H8N2O2/c11-5-6-1-2-7-4-9(10(13)14)12-8(7)3-6/h1-3,9,12H,4H2,(H,13,14)/t9-/m0/s1. The zero-order valence-corrected chi connectivity index (χ0v) is 7.32.